The minimum atomic E-state index is -0.447. The van der Waals surface area contributed by atoms with Crippen molar-refractivity contribution in [1.82, 2.24) is 9.55 Å². The van der Waals surface area contributed by atoms with Crippen LogP contribution in [0.3, 0.4) is 0 Å². The SMILES string of the molecule is CCc1nc(-c2ccc(Cl)c(F)c2)c(N)n1C1CC1. The smallest absolute Gasteiger partial charge is 0.142 e. The number of aromatic nitrogens is 2. The first-order valence-electron chi connectivity index (χ1n) is 6.43. The molecule has 100 valence electrons. The molecule has 0 amide bonds. The molecule has 0 aliphatic heterocycles. The van der Waals surface area contributed by atoms with Crippen LogP contribution in [0.1, 0.15) is 31.6 Å². The number of imidazole rings is 1. The second kappa shape index (κ2) is 4.53. The maximum atomic E-state index is 13.5. The number of aryl methyl sites for hydroxylation is 1. The molecule has 0 saturated heterocycles. The van der Waals surface area contributed by atoms with Crippen LogP contribution in [0.25, 0.3) is 11.3 Å². The first-order valence-corrected chi connectivity index (χ1v) is 6.81. The van der Waals surface area contributed by atoms with Crippen molar-refractivity contribution in [3.05, 3.63) is 34.9 Å². The minimum Gasteiger partial charge on any atom is -0.383 e. The predicted octanol–water partition coefficient (Wildman–Crippen LogP) is 3.82. The summed E-state index contributed by atoms with van der Waals surface area (Å²) in [7, 11) is 0. The first kappa shape index (κ1) is 12.5. The van der Waals surface area contributed by atoms with Gasteiger partial charge in [0.15, 0.2) is 0 Å². The van der Waals surface area contributed by atoms with Crippen LogP contribution >= 0.6 is 11.6 Å². The molecule has 1 aliphatic carbocycles. The monoisotopic (exact) mass is 279 g/mol. The Hall–Kier alpha value is -1.55. The summed E-state index contributed by atoms with van der Waals surface area (Å²) in [5.41, 5.74) is 7.51. The highest BCUT2D eigenvalue weighted by Crippen LogP contribution is 2.41. The number of halogens is 2. The molecule has 5 heteroatoms. The molecule has 0 radical (unpaired) electrons. The summed E-state index contributed by atoms with van der Waals surface area (Å²) in [6.07, 6.45) is 3.10. The molecule has 0 spiro atoms. The van der Waals surface area contributed by atoms with E-state index in [1.54, 1.807) is 6.07 Å². The van der Waals surface area contributed by atoms with Crippen LogP contribution < -0.4 is 5.73 Å². The van der Waals surface area contributed by atoms with E-state index >= 15 is 0 Å². The fourth-order valence-corrected chi connectivity index (χ4v) is 2.46. The topological polar surface area (TPSA) is 43.8 Å². The highest BCUT2D eigenvalue weighted by molar-refractivity contribution is 6.30. The lowest BCUT2D eigenvalue weighted by Gasteiger charge is -2.06. The highest BCUT2D eigenvalue weighted by atomic mass is 35.5. The lowest BCUT2D eigenvalue weighted by molar-refractivity contribution is 0.628. The molecule has 3 nitrogen and oxygen atoms in total. The van der Waals surface area contributed by atoms with Crippen molar-refractivity contribution in [2.24, 2.45) is 0 Å². The summed E-state index contributed by atoms with van der Waals surface area (Å²) in [6.45, 7) is 2.05. The summed E-state index contributed by atoms with van der Waals surface area (Å²) in [6, 6.07) is 5.14. The average Bonchev–Trinajstić information content (AvgIpc) is 3.17. The maximum Gasteiger partial charge on any atom is 0.142 e. The van der Waals surface area contributed by atoms with Crippen molar-refractivity contribution in [1.29, 1.82) is 0 Å². The van der Waals surface area contributed by atoms with Gasteiger partial charge in [0.05, 0.1) is 5.02 Å². The van der Waals surface area contributed by atoms with Gasteiger partial charge in [0.1, 0.15) is 23.2 Å². The van der Waals surface area contributed by atoms with Crippen molar-refractivity contribution < 1.29 is 4.39 Å². The number of rotatable bonds is 3. The van der Waals surface area contributed by atoms with Crippen LogP contribution in [-0.2, 0) is 6.42 Å². The Bertz CT molecular complexity index is 632. The predicted molar refractivity (Wildman–Crippen MR) is 74.7 cm³/mol. The fourth-order valence-electron chi connectivity index (χ4n) is 2.34. The number of nitrogen functional groups attached to an aromatic ring is 1. The number of anilines is 1. The lowest BCUT2D eigenvalue weighted by atomic mass is 10.1. The van der Waals surface area contributed by atoms with Gasteiger partial charge in [-0.25, -0.2) is 9.37 Å². The van der Waals surface area contributed by atoms with Gasteiger partial charge in [-0.15, -0.1) is 0 Å². The van der Waals surface area contributed by atoms with Crippen LogP contribution in [0.5, 0.6) is 0 Å². The van der Waals surface area contributed by atoms with E-state index < -0.39 is 5.82 Å². The van der Waals surface area contributed by atoms with E-state index in [-0.39, 0.29) is 5.02 Å². The minimum absolute atomic E-state index is 0.111. The van der Waals surface area contributed by atoms with Crippen molar-refractivity contribution >= 4 is 17.4 Å². The van der Waals surface area contributed by atoms with Crippen molar-refractivity contribution in [3.8, 4) is 11.3 Å². The molecule has 0 unspecified atom stereocenters. The van der Waals surface area contributed by atoms with Crippen molar-refractivity contribution in [3.63, 3.8) is 0 Å². The zero-order valence-corrected chi connectivity index (χ0v) is 11.4. The molecule has 19 heavy (non-hydrogen) atoms. The second-order valence-corrected chi connectivity index (χ2v) is 5.25. The Labute approximate surface area is 116 Å². The molecule has 1 saturated carbocycles. The first-order chi connectivity index (χ1) is 9.11. The fraction of sp³-hybridized carbons (Fsp3) is 0.357. The molecular formula is C14H15ClFN3. The molecule has 0 bridgehead atoms. The van der Waals surface area contributed by atoms with E-state index in [0.29, 0.717) is 23.1 Å². The van der Waals surface area contributed by atoms with E-state index in [1.165, 1.54) is 12.1 Å². The number of nitrogens with two attached hydrogens (primary N) is 1. The molecule has 2 aromatic rings. The van der Waals surface area contributed by atoms with Crippen LogP contribution in [0.4, 0.5) is 10.2 Å². The third kappa shape index (κ3) is 2.10. The molecule has 3 rings (SSSR count). The Balaban J connectivity index is 2.11. The largest absolute Gasteiger partial charge is 0.383 e. The summed E-state index contributed by atoms with van der Waals surface area (Å²) in [5, 5.41) is 0.111. The Morgan fingerprint density at radius 1 is 1.47 bits per heavy atom. The van der Waals surface area contributed by atoms with Crippen LogP contribution in [-0.4, -0.2) is 9.55 Å². The summed E-state index contributed by atoms with van der Waals surface area (Å²) in [4.78, 5) is 4.56. The summed E-state index contributed by atoms with van der Waals surface area (Å²) >= 11 is 5.70. The van der Waals surface area contributed by atoms with Crippen LogP contribution in [0.2, 0.25) is 5.02 Å². The van der Waals surface area contributed by atoms with E-state index in [9.17, 15) is 4.39 Å². The number of benzene rings is 1. The Morgan fingerprint density at radius 3 is 2.79 bits per heavy atom. The number of hydrogen-bond acceptors (Lipinski definition) is 2. The van der Waals surface area contributed by atoms with Gasteiger partial charge >= 0.3 is 0 Å². The number of nitrogens with zero attached hydrogens (tertiary/aromatic N) is 2. The zero-order chi connectivity index (χ0) is 13.6. The highest BCUT2D eigenvalue weighted by Gasteiger charge is 2.29. The van der Waals surface area contributed by atoms with Gasteiger partial charge in [-0.3, -0.25) is 0 Å². The quantitative estimate of drug-likeness (QED) is 0.928. The summed E-state index contributed by atoms with van der Waals surface area (Å²) < 4.78 is 15.6. The van der Waals surface area contributed by atoms with Gasteiger partial charge in [-0.2, -0.15) is 0 Å². The van der Waals surface area contributed by atoms with Gasteiger partial charge in [0.25, 0.3) is 0 Å². The standard InChI is InChI=1S/C14H15ClFN3/c1-2-12-18-13(14(17)19(12)9-4-5-9)8-3-6-10(15)11(16)7-8/h3,6-7,9H,2,4-5,17H2,1H3. The molecule has 1 aromatic heterocycles. The van der Waals surface area contributed by atoms with Gasteiger partial charge in [-0.1, -0.05) is 24.6 Å². The molecule has 1 aromatic carbocycles. The van der Waals surface area contributed by atoms with Gasteiger partial charge in [-0.05, 0) is 25.0 Å². The average molecular weight is 280 g/mol. The third-order valence-corrected chi connectivity index (χ3v) is 3.75. The van der Waals surface area contributed by atoms with Gasteiger partial charge in [0.2, 0.25) is 0 Å². The Morgan fingerprint density at radius 2 is 2.21 bits per heavy atom. The molecule has 2 N–H and O–H groups in total. The summed E-state index contributed by atoms with van der Waals surface area (Å²) in [5.74, 6) is 1.14. The van der Waals surface area contributed by atoms with Crippen molar-refractivity contribution in [2.45, 2.75) is 32.2 Å². The number of hydrogen-bond donors (Lipinski definition) is 1. The second-order valence-electron chi connectivity index (χ2n) is 4.85. The van der Waals surface area contributed by atoms with Gasteiger partial charge < -0.3 is 10.3 Å². The van der Waals surface area contributed by atoms with Gasteiger partial charge in [0, 0.05) is 18.0 Å². The maximum absolute atomic E-state index is 13.5. The van der Waals surface area contributed by atoms with E-state index in [4.69, 9.17) is 17.3 Å². The van der Waals surface area contributed by atoms with Crippen molar-refractivity contribution in [2.75, 3.05) is 5.73 Å². The normalized spacial score (nSPS) is 14.9. The van der Waals surface area contributed by atoms with Crippen LogP contribution in [0.15, 0.2) is 18.2 Å². The third-order valence-electron chi connectivity index (χ3n) is 3.44. The van der Waals surface area contributed by atoms with Crippen LogP contribution in [0, 0.1) is 5.82 Å². The van der Waals surface area contributed by atoms with E-state index in [0.717, 1.165) is 25.1 Å². The molecule has 1 aliphatic rings. The zero-order valence-electron chi connectivity index (χ0n) is 10.7. The van der Waals surface area contributed by atoms with E-state index in [2.05, 4.69) is 9.55 Å². The molecule has 0 atom stereocenters. The molecule has 1 fully saturated rings. The molecular weight excluding hydrogens is 265 g/mol. The Kier molecular flexibility index (Phi) is 2.97. The van der Waals surface area contributed by atoms with E-state index in [1.807, 2.05) is 6.92 Å². The molecule has 1 heterocycles. The lowest BCUT2D eigenvalue weighted by Crippen LogP contribution is -2.04.